The zero-order chi connectivity index (χ0) is 21.6. The number of rotatable bonds is 6. The highest BCUT2D eigenvalue weighted by molar-refractivity contribution is 7.80. The third kappa shape index (κ3) is 6.67. The Balaban J connectivity index is 1.57. The van der Waals surface area contributed by atoms with Gasteiger partial charge in [-0.25, -0.2) is 0 Å². The fourth-order valence-corrected chi connectivity index (χ4v) is 3.91. The van der Waals surface area contributed by atoms with Gasteiger partial charge in [0.25, 0.3) is 0 Å². The van der Waals surface area contributed by atoms with Gasteiger partial charge < -0.3 is 16.0 Å². The molecule has 160 valence electrons. The Kier molecular flexibility index (Phi) is 8.11. The van der Waals surface area contributed by atoms with Gasteiger partial charge in [-0.05, 0) is 61.2 Å². The molecule has 0 fully saturated rings. The average molecular weight is 487 g/mol. The van der Waals surface area contributed by atoms with Crippen molar-refractivity contribution in [2.75, 3.05) is 0 Å². The average Bonchev–Trinajstić information content (AvgIpc) is 2.72. The number of hydrogen-bond acceptors (Lipinski definition) is 4. The van der Waals surface area contributed by atoms with Gasteiger partial charge in [0.15, 0.2) is 5.11 Å². The largest absolute Gasteiger partial charge is 0.354 e. The number of thiocarbonyl (C=S) groups is 1. The van der Waals surface area contributed by atoms with Gasteiger partial charge in [-0.1, -0.05) is 46.9 Å². The Morgan fingerprint density at radius 2 is 2.03 bits per heavy atom. The van der Waals surface area contributed by atoms with Crippen LogP contribution >= 0.6 is 47.0 Å². The van der Waals surface area contributed by atoms with E-state index < -0.39 is 9.96 Å². The Labute approximate surface area is 196 Å². The zero-order valence-electron chi connectivity index (χ0n) is 16.1. The summed E-state index contributed by atoms with van der Waals surface area (Å²) in [6.45, 7) is 0. The maximum atomic E-state index is 12.4. The van der Waals surface area contributed by atoms with E-state index in [0.29, 0.717) is 6.42 Å². The first-order valence-electron chi connectivity index (χ1n) is 9.59. The summed E-state index contributed by atoms with van der Waals surface area (Å²) < 4.78 is -1.79. The molecule has 0 radical (unpaired) electrons. The lowest BCUT2D eigenvalue weighted by Crippen LogP contribution is -2.57. The molecular formula is C20H22Cl3N5OS. The van der Waals surface area contributed by atoms with Crippen molar-refractivity contribution in [3.63, 3.8) is 0 Å². The summed E-state index contributed by atoms with van der Waals surface area (Å²) in [7, 11) is 0. The van der Waals surface area contributed by atoms with E-state index in [2.05, 4.69) is 32.0 Å². The molecule has 0 bridgehead atoms. The van der Waals surface area contributed by atoms with E-state index in [1.165, 1.54) is 5.56 Å². The first-order chi connectivity index (χ1) is 14.3. The van der Waals surface area contributed by atoms with E-state index in [1.54, 1.807) is 18.6 Å². The van der Waals surface area contributed by atoms with Crippen LogP contribution in [-0.4, -0.2) is 30.9 Å². The van der Waals surface area contributed by atoms with Crippen LogP contribution in [0.25, 0.3) is 0 Å². The molecule has 0 saturated heterocycles. The maximum absolute atomic E-state index is 12.4. The fourth-order valence-electron chi connectivity index (χ4n) is 3.32. The minimum Gasteiger partial charge on any atom is -0.354 e. The molecule has 2 aromatic rings. The Hall–Kier alpha value is -1.67. The first kappa shape index (κ1) is 23.0. The molecule has 1 aliphatic carbocycles. The lowest BCUT2D eigenvalue weighted by molar-refractivity contribution is -0.121. The molecule has 0 saturated carbocycles. The number of nitrogens with zero attached hydrogens (tertiary/aromatic N) is 2. The molecule has 3 N–H and O–H groups in total. The van der Waals surface area contributed by atoms with Crippen LogP contribution in [0.1, 0.15) is 42.1 Å². The minimum atomic E-state index is -1.79. The number of aromatic nitrogens is 2. The van der Waals surface area contributed by atoms with Gasteiger partial charge in [-0.2, -0.15) is 0 Å². The number of alkyl halides is 3. The van der Waals surface area contributed by atoms with Gasteiger partial charge in [0.1, 0.15) is 6.17 Å². The quantitative estimate of drug-likeness (QED) is 0.328. The SMILES string of the molecule is O=C(CCc1cccnc1)NC(NC(=S)NC1CCCc2cccnc21)C(Cl)(Cl)Cl. The van der Waals surface area contributed by atoms with Crippen LogP contribution in [0.15, 0.2) is 42.9 Å². The molecule has 0 aliphatic heterocycles. The highest BCUT2D eigenvalue weighted by Gasteiger charge is 2.35. The molecule has 2 atom stereocenters. The lowest BCUT2D eigenvalue weighted by Gasteiger charge is -2.31. The van der Waals surface area contributed by atoms with Crippen molar-refractivity contribution >= 4 is 58.0 Å². The number of hydrogen-bond donors (Lipinski definition) is 3. The lowest BCUT2D eigenvalue weighted by atomic mass is 9.92. The van der Waals surface area contributed by atoms with Gasteiger partial charge in [-0.3, -0.25) is 14.8 Å². The van der Waals surface area contributed by atoms with Gasteiger partial charge in [0, 0.05) is 25.0 Å². The van der Waals surface area contributed by atoms with E-state index in [4.69, 9.17) is 47.0 Å². The third-order valence-corrected chi connectivity index (χ3v) is 5.66. The number of nitrogens with one attached hydrogen (secondary N) is 3. The molecular weight excluding hydrogens is 465 g/mol. The smallest absolute Gasteiger partial charge is 0.228 e. The van der Waals surface area contributed by atoms with E-state index in [0.717, 1.165) is 30.5 Å². The zero-order valence-corrected chi connectivity index (χ0v) is 19.2. The molecule has 3 rings (SSSR count). The fraction of sp³-hybridized carbons (Fsp3) is 0.400. The van der Waals surface area contributed by atoms with Crippen LogP contribution in [0.5, 0.6) is 0 Å². The highest BCUT2D eigenvalue weighted by Crippen LogP contribution is 2.30. The van der Waals surface area contributed by atoms with Crippen molar-refractivity contribution in [3.05, 3.63) is 59.7 Å². The number of amides is 1. The molecule has 1 aliphatic rings. The number of aryl methyl sites for hydroxylation is 2. The summed E-state index contributed by atoms with van der Waals surface area (Å²) in [6, 6.07) is 7.69. The third-order valence-electron chi connectivity index (χ3n) is 4.77. The van der Waals surface area contributed by atoms with Crippen LogP contribution in [0.4, 0.5) is 0 Å². The van der Waals surface area contributed by atoms with E-state index in [9.17, 15) is 4.79 Å². The monoisotopic (exact) mass is 485 g/mol. The van der Waals surface area contributed by atoms with Gasteiger partial charge in [-0.15, -0.1) is 0 Å². The van der Waals surface area contributed by atoms with E-state index in [1.807, 2.05) is 18.2 Å². The van der Waals surface area contributed by atoms with Crippen molar-refractivity contribution in [1.82, 2.24) is 25.9 Å². The molecule has 2 aromatic heterocycles. The first-order valence-corrected chi connectivity index (χ1v) is 11.1. The van der Waals surface area contributed by atoms with Crippen LogP contribution in [0.2, 0.25) is 0 Å². The second-order valence-corrected chi connectivity index (χ2v) is 9.79. The number of fused-ring (bicyclic) bond motifs is 1. The summed E-state index contributed by atoms with van der Waals surface area (Å²) in [5, 5.41) is 9.13. The molecule has 0 aromatic carbocycles. The second-order valence-electron chi connectivity index (χ2n) is 7.01. The normalized spacial score (nSPS) is 16.8. The van der Waals surface area contributed by atoms with Crippen LogP contribution in [0, 0.1) is 0 Å². The van der Waals surface area contributed by atoms with Crippen molar-refractivity contribution < 1.29 is 4.79 Å². The molecule has 10 heteroatoms. The van der Waals surface area contributed by atoms with E-state index in [-0.39, 0.29) is 23.5 Å². The van der Waals surface area contributed by atoms with Gasteiger partial charge in [0.05, 0.1) is 11.7 Å². The molecule has 6 nitrogen and oxygen atoms in total. The van der Waals surface area contributed by atoms with Crippen LogP contribution < -0.4 is 16.0 Å². The predicted molar refractivity (Wildman–Crippen MR) is 124 cm³/mol. The molecule has 1 amide bonds. The Morgan fingerprint density at radius 1 is 1.23 bits per heavy atom. The highest BCUT2D eigenvalue weighted by atomic mass is 35.6. The van der Waals surface area contributed by atoms with Crippen molar-refractivity contribution in [1.29, 1.82) is 0 Å². The van der Waals surface area contributed by atoms with Gasteiger partial charge in [0.2, 0.25) is 9.70 Å². The maximum Gasteiger partial charge on any atom is 0.228 e. The summed E-state index contributed by atoms with van der Waals surface area (Å²) in [4.78, 5) is 20.9. The topological polar surface area (TPSA) is 78.9 Å². The molecule has 30 heavy (non-hydrogen) atoms. The van der Waals surface area contributed by atoms with Gasteiger partial charge >= 0.3 is 0 Å². The predicted octanol–water partition coefficient (Wildman–Crippen LogP) is 3.76. The molecule has 0 spiro atoms. The summed E-state index contributed by atoms with van der Waals surface area (Å²) in [6.07, 6.45) is 7.83. The van der Waals surface area contributed by atoms with Crippen molar-refractivity contribution in [2.24, 2.45) is 0 Å². The number of carbonyl (C=O) groups excluding carboxylic acids is 1. The minimum absolute atomic E-state index is 0.0349. The number of carbonyl (C=O) groups is 1. The summed E-state index contributed by atoms with van der Waals surface area (Å²) in [5.74, 6) is -0.268. The van der Waals surface area contributed by atoms with E-state index >= 15 is 0 Å². The summed E-state index contributed by atoms with van der Waals surface area (Å²) in [5.41, 5.74) is 3.12. The van der Waals surface area contributed by atoms with Crippen LogP contribution in [0.3, 0.4) is 0 Å². The molecule has 2 heterocycles. The Bertz CT molecular complexity index is 878. The standard InChI is InChI=1S/C20H22Cl3N5OS/c21-20(22,23)18(27-16(29)9-8-13-4-2-10-24-12-13)28-19(30)26-15-7-1-5-14-6-3-11-25-17(14)15/h2-4,6,10-12,15,18H,1,5,7-9H2,(H,27,29)(H2,26,28,30). The molecule has 2 unspecified atom stereocenters. The van der Waals surface area contributed by atoms with Crippen LogP contribution in [-0.2, 0) is 17.6 Å². The van der Waals surface area contributed by atoms with Crippen molar-refractivity contribution in [2.45, 2.75) is 48.1 Å². The Morgan fingerprint density at radius 3 is 2.77 bits per heavy atom. The second kappa shape index (κ2) is 10.6. The van der Waals surface area contributed by atoms with Crippen molar-refractivity contribution in [3.8, 4) is 0 Å². The number of halogens is 3. The number of pyridine rings is 2. The summed E-state index contributed by atoms with van der Waals surface area (Å²) >= 11 is 23.6.